The molecule has 0 saturated carbocycles. The Morgan fingerprint density at radius 3 is 2.63 bits per heavy atom. The Kier molecular flexibility index (Phi) is 2.92. The summed E-state index contributed by atoms with van der Waals surface area (Å²) in [5.74, 6) is -0.390. The third-order valence-electron chi connectivity index (χ3n) is 2.90. The standard InChI is InChI=1S/C13H8Cl2FN3/c1-6-12(10-2-3-11(15)19-18-10)8-4-7(14)5-9(16)13(8)17-6/h2-5,17H,1H3. The van der Waals surface area contributed by atoms with Gasteiger partial charge in [-0.05, 0) is 31.2 Å². The number of nitrogens with one attached hydrogen (secondary N) is 1. The summed E-state index contributed by atoms with van der Waals surface area (Å²) in [4.78, 5) is 3.00. The van der Waals surface area contributed by atoms with Gasteiger partial charge in [0, 0.05) is 21.7 Å². The summed E-state index contributed by atoms with van der Waals surface area (Å²) < 4.78 is 13.8. The molecule has 0 aliphatic rings. The molecule has 1 N–H and O–H groups in total. The molecular weight excluding hydrogens is 288 g/mol. The number of aromatic amines is 1. The maximum atomic E-state index is 13.8. The van der Waals surface area contributed by atoms with Gasteiger partial charge in [-0.3, -0.25) is 0 Å². The lowest BCUT2D eigenvalue weighted by Gasteiger charge is -2.00. The number of aryl methyl sites for hydroxylation is 1. The number of rotatable bonds is 1. The molecule has 0 saturated heterocycles. The molecule has 0 atom stereocenters. The lowest BCUT2D eigenvalue weighted by Crippen LogP contribution is -1.88. The van der Waals surface area contributed by atoms with Crippen molar-refractivity contribution in [3.63, 3.8) is 0 Å². The molecule has 0 fully saturated rings. The minimum atomic E-state index is -0.390. The van der Waals surface area contributed by atoms with Crippen LogP contribution in [0, 0.1) is 12.7 Å². The Morgan fingerprint density at radius 1 is 1.16 bits per heavy atom. The van der Waals surface area contributed by atoms with E-state index in [1.165, 1.54) is 6.07 Å². The molecule has 0 amide bonds. The zero-order valence-electron chi connectivity index (χ0n) is 9.84. The quantitative estimate of drug-likeness (QED) is 0.724. The van der Waals surface area contributed by atoms with Gasteiger partial charge >= 0.3 is 0 Å². The number of H-pyrrole nitrogens is 1. The molecule has 3 nitrogen and oxygen atoms in total. The van der Waals surface area contributed by atoms with E-state index in [1.54, 1.807) is 18.2 Å². The highest BCUT2D eigenvalue weighted by atomic mass is 35.5. The molecule has 3 aromatic rings. The molecule has 2 aromatic heterocycles. The van der Waals surface area contributed by atoms with Crippen LogP contribution in [0.2, 0.25) is 10.2 Å². The molecule has 0 unspecified atom stereocenters. The van der Waals surface area contributed by atoms with E-state index in [2.05, 4.69) is 15.2 Å². The molecular formula is C13H8Cl2FN3. The van der Waals surface area contributed by atoms with Crippen LogP contribution in [0.1, 0.15) is 5.69 Å². The zero-order valence-corrected chi connectivity index (χ0v) is 11.3. The van der Waals surface area contributed by atoms with Crippen molar-refractivity contribution < 1.29 is 4.39 Å². The normalized spacial score (nSPS) is 11.2. The van der Waals surface area contributed by atoms with Crippen LogP contribution in [0.4, 0.5) is 4.39 Å². The molecule has 1 aromatic carbocycles. The van der Waals surface area contributed by atoms with E-state index in [9.17, 15) is 4.39 Å². The number of halogens is 3. The van der Waals surface area contributed by atoms with Crippen molar-refractivity contribution in [2.75, 3.05) is 0 Å². The number of aromatic nitrogens is 3. The van der Waals surface area contributed by atoms with Crippen molar-refractivity contribution in [2.24, 2.45) is 0 Å². The SMILES string of the molecule is Cc1[nH]c2c(F)cc(Cl)cc2c1-c1ccc(Cl)nn1. The smallest absolute Gasteiger partial charge is 0.151 e. The molecule has 0 aliphatic carbocycles. The van der Waals surface area contributed by atoms with Crippen LogP contribution in [0.25, 0.3) is 22.2 Å². The largest absolute Gasteiger partial charge is 0.356 e. The molecule has 3 rings (SSSR count). The maximum absolute atomic E-state index is 13.8. The predicted molar refractivity (Wildman–Crippen MR) is 74.0 cm³/mol. The van der Waals surface area contributed by atoms with Gasteiger partial charge in [0.05, 0.1) is 11.2 Å². The van der Waals surface area contributed by atoms with Crippen molar-refractivity contribution in [3.05, 3.63) is 46.0 Å². The first-order valence-electron chi connectivity index (χ1n) is 5.53. The first-order valence-corrected chi connectivity index (χ1v) is 6.29. The van der Waals surface area contributed by atoms with Gasteiger partial charge in [-0.25, -0.2) is 4.39 Å². The summed E-state index contributed by atoms with van der Waals surface area (Å²) in [6.45, 7) is 1.85. The van der Waals surface area contributed by atoms with E-state index < -0.39 is 5.82 Å². The number of fused-ring (bicyclic) bond motifs is 1. The number of hydrogen-bond donors (Lipinski definition) is 1. The van der Waals surface area contributed by atoms with Crippen molar-refractivity contribution in [3.8, 4) is 11.3 Å². The van der Waals surface area contributed by atoms with E-state index in [0.29, 0.717) is 26.8 Å². The van der Waals surface area contributed by atoms with Crippen molar-refractivity contribution in [1.82, 2.24) is 15.2 Å². The lowest BCUT2D eigenvalue weighted by molar-refractivity contribution is 0.637. The van der Waals surface area contributed by atoms with Gasteiger partial charge in [-0.15, -0.1) is 10.2 Å². The Hall–Kier alpha value is -1.65. The minimum Gasteiger partial charge on any atom is -0.356 e. The highest BCUT2D eigenvalue weighted by Crippen LogP contribution is 2.34. The summed E-state index contributed by atoms with van der Waals surface area (Å²) in [6, 6.07) is 6.36. The Morgan fingerprint density at radius 2 is 1.95 bits per heavy atom. The Labute approximate surface area is 118 Å². The fourth-order valence-corrected chi connectivity index (χ4v) is 2.43. The van der Waals surface area contributed by atoms with E-state index in [-0.39, 0.29) is 0 Å². The van der Waals surface area contributed by atoms with Gasteiger partial charge in [0.25, 0.3) is 0 Å². The predicted octanol–water partition coefficient (Wildman–Crippen LogP) is 4.38. The number of benzene rings is 1. The summed E-state index contributed by atoms with van der Waals surface area (Å²) in [5.41, 5.74) is 2.61. The van der Waals surface area contributed by atoms with Crippen LogP contribution < -0.4 is 0 Å². The third kappa shape index (κ3) is 2.07. The van der Waals surface area contributed by atoms with Crippen molar-refractivity contribution >= 4 is 34.1 Å². The van der Waals surface area contributed by atoms with Crippen LogP contribution in [0.5, 0.6) is 0 Å². The molecule has 0 spiro atoms. The van der Waals surface area contributed by atoms with Gasteiger partial charge in [-0.2, -0.15) is 0 Å². The van der Waals surface area contributed by atoms with E-state index in [4.69, 9.17) is 23.2 Å². The number of hydrogen-bond acceptors (Lipinski definition) is 2. The Bertz CT molecular complexity index is 766. The third-order valence-corrected chi connectivity index (χ3v) is 3.32. The molecule has 0 bridgehead atoms. The van der Waals surface area contributed by atoms with Crippen LogP contribution in [-0.4, -0.2) is 15.2 Å². The maximum Gasteiger partial charge on any atom is 0.151 e. The van der Waals surface area contributed by atoms with Crippen LogP contribution in [-0.2, 0) is 0 Å². The van der Waals surface area contributed by atoms with Crippen molar-refractivity contribution in [2.45, 2.75) is 6.92 Å². The van der Waals surface area contributed by atoms with Gasteiger partial charge in [-0.1, -0.05) is 23.2 Å². The second-order valence-corrected chi connectivity index (χ2v) is 5.00. The monoisotopic (exact) mass is 295 g/mol. The molecule has 19 heavy (non-hydrogen) atoms. The van der Waals surface area contributed by atoms with Gasteiger partial charge in [0.1, 0.15) is 5.82 Å². The van der Waals surface area contributed by atoms with Gasteiger partial charge < -0.3 is 4.98 Å². The first-order chi connectivity index (χ1) is 9.06. The molecule has 0 radical (unpaired) electrons. The first kappa shape index (κ1) is 12.4. The topological polar surface area (TPSA) is 41.6 Å². The summed E-state index contributed by atoms with van der Waals surface area (Å²) >= 11 is 11.6. The summed E-state index contributed by atoms with van der Waals surface area (Å²) in [6.07, 6.45) is 0. The number of nitrogens with zero attached hydrogens (tertiary/aromatic N) is 2. The zero-order chi connectivity index (χ0) is 13.6. The van der Waals surface area contributed by atoms with Crippen molar-refractivity contribution in [1.29, 1.82) is 0 Å². The lowest BCUT2D eigenvalue weighted by atomic mass is 10.1. The average Bonchev–Trinajstić information content (AvgIpc) is 2.67. The minimum absolute atomic E-state index is 0.311. The van der Waals surface area contributed by atoms with E-state index in [0.717, 1.165) is 11.3 Å². The fourth-order valence-electron chi connectivity index (χ4n) is 2.13. The molecule has 96 valence electrons. The van der Waals surface area contributed by atoms with Gasteiger partial charge in [0.2, 0.25) is 0 Å². The second kappa shape index (κ2) is 4.47. The van der Waals surface area contributed by atoms with E-state index >= 15 is 0 Å². The fraction of sp³-hybridized carbons (Fsp3) is 0.0769. The highest BCUT2D eigenvalue weighted by Gasteiger charge is 2.15. The van der Waals surface area contributed by atoms with Gasteiger partial charge in [0.15, 0.2) is 5.15 Å². The highest BCUT2D eigenvalue weighted by molar-refractivity contribution is 6.31. The van der Waals surface area contributed by atoms with Crippen LogP contribution in [0.15, 0.2) is 24.3 Å². The molecule has 2 heterocycles. The summed E-state index contributed by atoms with van der Waals surface area (Å²) in [7, 11) is 0. The van der Waals surface area contributed by atoms with Crippen LogP contribution >= 0.6 is 23.2 Å². The second-order valence-electron chi connectivity index (χ2n) is 4.18. The van der Waals surface area contributed by atoms with E-state index in [1.807, 2.05) is 6.92 Å². The molecule has 0 aliphatic heterocycles. The molecule has 6 heteroatoms. The summed E-state index contributed by atoms with van der Waals surface area (Å²) in [5, 5.41) is 9.16. The van der Waals surface area contributed by atoms with Crippen LogP contribution in [0.3, 0.4) is 0 Å². The average molecular weight is 296 g/mol. The Balaban J connectivity index is 2.34.